The lowest BCUT2D eigenvalue weighted by atomic mass is 10.2. The number of halogens is 2. The Morgan fingerprint density at radius 3 is 2.38 bits per heavy atom. The van der Waals surface area contributed by atoms with Crippen LogP contribution in [-0.2, 0) is 4.79 Å². The molecule has 0 fully saturated rings. The molecule has 0 heterocycles. The highest BCUT2D eigenvalue weighted by Crippen LogP contribution is 2.18. The van der Waals surface area contributed by atoms with Crippen molar-refractivity contribution < 1.29 is 13.6 Å². The maximum atomic E-state index is 13.4. The average Bonchev–Trinajstić information content (AvgIpc) is 2.45. The normalized spacial score (nSPS) is 10.2. The lowest BCUT2D eigenvalue weighted by molar-refractivity contribution is -0.116. The van der Waals surface area contributed by atoms with E-state index in [-0.39, 0.29) is 6.42 Å². The number of benzene rings is 2. The predicted molar refractivity (Wildman–Crippen MR) is 79.3 cm³/mol. The molecule has 110 valence electrons. The van der Waals surface area contributed by atoms with Crippen molar-refractivity contribution in [2.75, 3.05) is 17.2 Å². The number of nitrogens with one attached hydrogen (secondary N) is 2. The number of aryl methyl sites for hydroxylation is 1. The van der Waals surface area contributed by atoms with Gasteiger partial charge in [-0.15, -0.1) is 0 Å². The van der Waals surface area contributed by atoms with Gasteiger partial charge in [-0.3, -0.25) is 4.79 Å². The Balaban J connectivity index is 1.87. The molecule has 0 saturated carbocycles. The molecule has 0 atom stereocenters. The van der Waals surface area contributed by atoms with Gasteiger partial charge in [0.25, 0.3) is 0 Å². The molecule has 2 aromatic rings. The standard InChI is InChI=1S/C16H16F2N2O/c1-11-5-2-3-8-14(11)19-10-9-15(21)20-16-12(17)6-4-7-13(16)18/h2-8,19H,9-10H2,1H3,(H,20,21). The summed E-state index contributed by atoms with van der Waals surface area (Å²) in [5.74, 6) is -2.01. The van der Waals surface area contributed by atoms with E-state index >= 15 is 0 Å². The van der Waals surface area contributed by atoms with Gasteiger partial charge in [-0.05, 0) is 30.7 Å². The molecule has 0 spiro atoms. The molecule has 2 aromatic carbocycles. The Bertz CT molecular complexity index is 624. The zero-order chi connectivity index (χ0) is 15.2. The van der Waals surface area contributed by atoms with E-state index in [2.05, 4.69) is 10.6 Å². The largest absolute Gasteiger partial charge is 0.384 e. The van der Waals surface area contributed by atoms with E-state index in [1.807, 2.05) is 31.2 Å². The van der Waals surface area contributed by atoms with Crippen molar-refractivity contribution >= 4 is 17.3 Å². The molecule has 2 rings (SSSR count). The van der Waals surface area contributed by atoms with E-state index in [0.29, 0.717) is 6.54 Å². The Kier molecular flexibility index (Phi) is 4.87. The highest BCUT2D eigenvalue weighted by atomic mass is 19.1. The van der Waals surface area contributed by atoms with E-state index in [0.717, 1.165) is 23.4 Å². The minimum Gasteiger partial charge on any atom is -0.384 e. The number of anilines is 2. The predicted octanol–water partition coefficient (Wildman–Crippen LogP) is 3.71. The molecule has 0 unspecified atom stereocenters. The van der Waals surface area contributed by atoms with Crippen LogP contribution in [0.3, 0.4) is 0 Å². The first-order valence-electron chi connectivity index (χ1n) is 6.61. The summed E-state index contributed by atoms with van der Waals surface area (Å²) >= 11 is 0. The molecule has 0 aromatic heterocycles. The third-order valence-electron chi connectivity index (χ3n) is 3.04. The highest BCUT2D eigenvalue weighted by Gasteiger charge is 2.11. The second-order valence-electron chi connectivity index (χ2n) is 4.64. The van der Waals surface area contributed by atoms with Crippen molar-refractivity contribution in [3.8, 4) is 0 Å². The van der Waals surface area contributed by atoms with Crippen LogP contribution in [0.2, 0.25) is 0 Å². The number of amides is 1. The lowest BCUT2D eigenvalue weighted by Crippen LogP contribution is -2.18. The molecule has 0 saturated heterocycles. The van der Waals surface area contributed by atoms with Gasteiger partial charge in [-0.2, -0.15) is 0 Å². The molecule has 0 aliphatic carbocycles. The molecule has 1 amide bonds. The molecule has 21 heavy (non-hydrogen) atoms. The van der Waals surface area contributed by atoms with Gasteiger partial charge in [0.15, 0.2) is 0 Å². The number of carbonyl (C=O) groups is 1. The van der Waals surface area contributed by atoms with E-state index in [9.17, 15) is 13.6 Å². The number of hydrogen-bond acceptors (Lipinski definition) is 2. The average molecular weight is 290 g/mol. The highest BCUT2D eigenvalue weighted by molar-refractivity contribution is 5.91. The fourth-order valence-electron chi connectivity index (χ4n) is 1.90. The van der Waals surface area contributed by atoms with Gasteiger partial charge >= 0.3 is 0 Å². The summed E-state index contributed by atoms with van der Waals surface area (Å²) in [6, 6.07) is 11.1. The van der Waals surface area contributed by atoms with Gasteiger partial charge in [0, 0.05) is 18.7 Å². The van der Waals surface area contributed by atoms with Gasteiger partial charge in [-0.25, -0.2) is 8.78 Å². The first-order chi connectivity index (χ1) is 10.1. The first kappa shape index (κ1) is 15.0. The second-order valence-corrected chi connectivity index (χ2v) is 4.64. The van der Waals surface area contributed by atoms with E-state index in [4.69, 9.17) is 0 Å². The summed E-state index contributed by atoms with van der Waals surface area (Å²) in [4.78, 5) is 11.7. The van der Waals surface area contributed by atoms with Gasteiger partial charge in [0.1, 0.15) is 17.3 Å². The zero-order valence-corrected chi connectivity index (χ0v) is 11.6. The summed E-state index contributed by atoms with van der Waals surface area (Å²) in [7, 11) is 0. The van der Waals surface area contributed by atoms with Gasteiger partial charge in [-0.1, -0.05) is 24.3 Å². The SMILES string of the molecule is Cc1ccccc1NCCC(=O)Nc1c(F)cccc1F. The molecular weight excluding hydrogens is 274 g/mol. The summed E-state index contributed by atoms with van der Waals surface area (Å²) in [5, 5.41) is 5.36. The first-order valence-corrected chi connectivity index (χ1v) is 6.61. The van der Waals surface area contributed by atoms with Crippen LogP contribution in [0.15, 0.2) is 42.5 Å². The number of carbonyl (C=O) groups excluding carboxylic acids is 1. The van der Waals surface area contributed by atoms with Crippen molar-refractivity contribution in [1.82, 2.24) is 0 Å². The van der Waals surface area contributed by atoms with Crippen molar-refractivity contribution in [2.45, 2.75) is 13.3 Å². The van der Waals surface area contributed by atoms with E-state index < -0.39 is 23.2 Å². The Labute approximate surface area is 122 Å². The quantitative estimate of drug-likeness (QED) is 0.881. The molecule has 2 N–H and O–H groups in total. The summed E-state index contributed by atoms with van der Waals surface area (Å²) in [6.45, 7) is 2.34. The van der Waals surface area contributed by atoms with E-state index in [1.54, 1.807) is 0 Å². The smallest absolute Gasteiger partial charge is 0.226 e. The van der Waals surface area contributed by atoms with Crippen molar-refractivity contribution in [2.24, 2.45) is 0 Å². The van der Waals surface area contributed by atoms with Gasteiger partial charge < -0.3 is 10.6 Å². The van der Waals surface area contributed by atoms with Crippen LogP contribution in [-0.4, -0.2) is 12.5 Å². The van der Waals surface area contributed by atoms with Crippen LogP contribution in [0, 0.1) is 18.6 Å². The molecular formula is C16H16F2N2O. The number of para-hydroxylation sites is 2. The summed E-state index contributed by atoms with van der Waals surface area (Å²) in [6.07, 6.45) is 0.113. The summed E-state index contributed by atoms with van der Waals surface area (Å²) < 4.78 is 26.8. The zero-order valence-electron chi connectivity index (χ0n) is 11.6. The maximum Gasteiger partial charge on any atom is 0.226 e. The molecule has 0 aliphatic rings. The molecule has 0 aliphatic heterocycles. The number of rotatable bonds is 5. The van der Waals surface area contributed by atoms with Gasteiger partial charge in [0.05, 0.1) is 0 Å². The lowest BCUT2D eigenvalue weighted by Gasteiger charge is -2.10. The van der Waals surface area contributed by atoms with Gasteiger partial charge in [0.2, 0.25) is 5.91 Å². The fraction of sp³-hybridized carbons (Fsp3) is 0.188. The monoisotopic (exact) mass is 290 g/mol. The third-order valence-corrected chi connectivity index (χ3v) is 3.04. The Morgan fingerprint density at radius 2 is 1.71 bits per heavy atom. The van der Waals surface area contributed by atoms with Crippen molar-refractivity contribution in [3.05, 3.63) is 59.7 Å². The molecule has 0 radical (unpaired) electrons. The molecule has 5 heteroatoms. The van der Waals surface area contributed by atoms with Crippen LogP contribution >= 0.6 is 0 Å². The van der Waals surface area contributed by atoms with Crippen LogP contribution in [0.1, 0.15) is 12.0 Å². The minimum atomic E-state index is -0.782. The molecule has 3 nitrogen and oxygen atoms in total. The summed E-state index contributed by atoms with van der Waals surface area (Å²) in [5.41, 5.74) is 1.60. The van der Waals surface area contributed by atoms with Crippen LogP contribution in [0.5, 0.6) is 0 Å². The number of hydrogen-bond donors (Lipinski definition) is 2. The Morgan fingerprint density at radius 1 is 1.05 bits per heavy atom. The molecule has 0 bridgehead atoms. The fourth-order valence-corrected chi connectivity index (χ4v) is 1.90. The topological polar surface area (TPSA) is 41.1 Å². The third kappa shape index (κ3) is 4.02. The maximum absolute atomic E-state index is 13.4. The van der Waals surface area contributed by atoms with Crippen LogP contribution in [0.25, 0.3) is 0 Å². The second kappa shape index (κ2) is 6.83. The van der Waals surface area contributed by atoms with Crippen molar-refractivity contribution in [3.63, 3.8) is 0 Å². The van der Waals surface area contributed by atoms with E-state index in [1.165, 1.54) is 6.07 Å². The van der Waals surface area contributed by atoms with Crippen LogP contribution in [0.4, 0.5) is 20.2 Å². The Hall–Kier alpha value is -2.43. The van der Waals surface area contributed by atoms with Crippen LogP contribution < -0.4 is 10.6 Å². The van der Waals surface area contributed by atoms with Crippen molar-refractivity contribution in [1.29, 1.82) is 0 Å². The minimum absolute atomic E-state index is 0.113.